The van der Waals surface area contributed by atoms with E-state index in [1.807, 2.05) is 24.3 Å². The number of aryl methyl sites for hydroxylation is 1. The zero-order chi connectivity index (χ0) is 13.4. The first-order chi connectivity index (χ1) is 8.61. The maximum atomic E-state index is 11.0. The number of amides is 1. The van der Waals surface area contributed by atoms with E-state index in [1.54, 1.807) is 0 Å². The predicted octanol–water partition coefficient (Wildman–Crippen LogP) is 0.702. The quantitative estimate of drug-likeness (QED) is 0.492. The minimum absolute atomic E-state index is 0.0333. The predicted molar refractivity (Wildman–Crippen MR) is 65.9 cm³/mol. The molecule has 0 aromatic heterocycles. The Morgan fingerprint density at radius 2 is 1.72 bits per heavy atom. The molecule has 0 aliphatic rings. The van der Waals surface area contributed by atoms with Gasteiger partial charge in [-0.15, -0.1) is 0 Å². The SMILES string of the molecule is O=C(O)CC(=O)NCCCc1ccc(CO)cc1. The summed E-state index contributed by atoms with van der Waals surface area (Å²) in [6.07, 6.45) is 1.08. The van der Waals surface area contributed by atoms with Crippen molar-refractivity contribution in [3.63, 3.8) is 0 Å². The molecule has 1 amide bonds. The molecule has 0 atom stereocenters. The summed E-state index contributed by atoms with van der Waals surface area (Å²) in [7, 11) is 0. The number of carbonyl (C=O) groups is 2. The molecule has 0 fully saturated rings. The van der Waals surface area contributed by atoms with Crippen LogP contribution in [0.1, 0.15) is 24.0 Å². The van der Waals surface area contributed by atoms with E-state index in [-0.39, 0.29) is 6.61 Å². The van der Waals surface area contributed by atoms with Gasteiger partial charge in [0, 0.05) is 6.54 Å². The lowest BCUT2D eigenvalue weighted by molar-refractivity contribution is -0.140. The van der Waals surface area contributed by atoms with Crippen LogP contribution in [-0.4, -0.2) is 28.6 Å². The number of carboxylic acid groups (broad SMARTS) is 1. The molecule has 0 heterocycles. The Morgan fingerprint density at radius 1 is 1.11 bits per heavy atom. The summed E-state index contributed by atoms with van der Waals surface area (Å²) in [6.45, 7) is 0.499. The van der Waals surface area contributed by atoms with Crippen LogP contribution in [0.2, 0.25) is 0 Å². The maximum Gasteiger partial charge on any atom is 0.312 e. The second kappa shape index (κ2) is 7.45. The summed E-state index contributed by atoms with van der Waals surface area (Å²) in [6, 6.07) is 7.59. The smallest absolute Gasteiger partial charge is 0.312 e. The number of rotatable bonds is 7. The van der Waals surface area contributed by atoms with Gasteiger partial charge in [-0.3, -0.25) is 9.59 Å². The molecule has 5 nitrogen and oxygen atoms in total. The molecule has 0 aliphatic heterocycles. The normalized spacial score (nSPS) is 10.1. The van der Waals surface area contributed by atoms with E-state index in [4.69, 9.17) is 10.2 Å². The Hall–Kier alpha value is -1.88. The average Bonchev–Trinajstić information content (AvgIpc) is 2.34. The number of nitrogens with one attached hydrogen (secondary N) is 1. The molecule has 0 bridgehead atoms. The fraction of sp³-hybridized carbons (Fsp3) is 0.385. The zero-order valence-corrected chi connectivity index (χ0v) is 10.1. The van der Waals surface area contributed by atoms with Crippen molar-refractivity contribution in [3.8, 4) is 0 Å². The second-order valence-corrected chi connectivity index (χ2v) is 4.00. The number of benzene rings is 1. The molecular formula is C13H17NO4. The first kappa shape index (κ1) is 14.2. The molecular weight excluding hydrogens is 234 g/mol. The lowest BCUT2D eigenvalue weighted by Gasteiger charge is -2.04. The van der Waals surface area contributed by atoms with Gasteiger partial charge in [0.25, 0.3) is 0 Å². The van der Waals surface area contributed by atoms with E-state index in [9.17, 15) is 9.59 Å². The van der Waals surface area contributed by atoms with Crippen LogP contribution in [0.5, 0.6) is 0 Å². The number of carboxylic acids is 1. The topological polar surface area (TPSA) is 86.6 Å². The van der Waals surface area contributed by atoms with Crippen LogP contribution in [0, 0.1) is 0 Å². The molecule has 0 aliphatic carbocycles. The zero-order valence-electron chi connectivity index (χ0n) is 10.1. The van der Waals surface area contributed by atoms with Gasteiger partial charge in [0.05, 0.1) is 6.61 Å². The molecule has 0 spiro atoms. The lowest BCUT2D eigenvalue weighted by atomic mass is 10.1. The van der Waals surface area contributed by atoms with E-state index in [2.05, 4.69) is 5.32 Å². The fourth-order valence-corrected chi connectivity index (χ4v) is 1.53. The van der Waals surface area contributed by atoms with E-state index in [0.29, 0.717) is 6.54 Å². The minimum atomic E-state index is -1.12. The highest BCUT2D eigenvalue weighted by molar-refractivity contribution is 5.93. The first-order valence-corrected chi connectivity index (χ1v) is 5.79. The molecule has 5 heteroatoms. The van der Waals surface area contributed by atoms with Crippen molar-refractivity contribution in [2.24, 2.45) is 0 Å². The number of aliphatic hydroxyl groups is 1. The van der Waals surface area contributed by atoms with Gasteiger partial charge in [-0.1, -0.05) is 24.3 Å². The molecule has 1 rings (SSSR count). The highest BCUT2D eigenvalue weighted by Crippen LogP contribution is 2.06. The Kier molecular flexibility index (Phi) is 5.87. The largest absolute Gasteiger partial charge is 0.481 e. The van der Waals surface area contributed by atoms with Gasteiger partial charge in [0.15, 0.2) is 0 Å². The van der Waals surface area contributed by atoms with Gasteiger partial charge in [0.2, 0.25) is 5.91 Å². The van der Waals surface area contributed by atoms with Crippen molar-refractivity contribution in [1.82, 2.24) is 5.32 Å². The number of carbonyl (C=O) groups excluding carboxylic acids is 1. The first-order valence-electron chi connectivity index (χ1n) is 5.79. The van der Waals surface area contributed by atoms with Gasteiger partial charge in [-0.05, 0) is 24.0 Å². The van der Waals surface area contributed by atoms with Crippen molar-refractivity contribution in [2.75, 3.05) is 6.54 Å². The Bertz CT molecular complexity index is 400. The van der Waals surface area contributed by atoms with E-state index >= 15 is 0 Å². The summed E-state index contributed by atoms with van der Waals surface area (Å²) in [5, 5.41) is 19.8. The standard InChI is InChI=1S/C13H17NO4/c15-9-11-5-3-10(4-6-11)2-1-7-14-12(16)8-13(17)18/h3-6,15H,1-2,7-9H2,(H,14,16)(H,17,18). The summed E-state index contributed by atoms with van der Waals surface area (Å²) in [5.74, 6) is -1.58. The monoisotopic (exact) mass is 251 g/mol. The van der Waals surface area contributed by atoms with Gasteiger partial charge >= 0.3 is 5.97 Å². The third kappa shape index (κ3) is 5.45. The summed E-state index contributed by atoms with van der Waals surface area (Å²) < 4.78 is 0. The van der Waals surface area contributed by atoms with Crippen LogP contribution in [0.25, 0.3) is 0 Å². The molecule has 0 saturated carbocycles. The molecule has 0 radical (unpaired) electrons. The van der Waals surface area contributed by atoms with Crippen LogP contribution in [-0.2, 0) is 22.6 Å². The van der Waals surface area contributed by atoms with Crippen molar-refractivity contribution < 1.29 is 19.8 Å². The number of hydrogen-bond donors (Lipinski definition) is 3. The fourth-order valence-electron chi connectivity index (χ4n) is 1.53. The highest BCUT2D eigenvalue weighted by atomic mass is 16.4. The van der Waals surface area contributed by atoms with Crippen molar-refractivity contribution in [2.45, 2.75) is 25.9 Å². The van der Waals surface area contributed by atoms with Crippen molar-refractivity contribution in [1.29, 1.82) is 0 Å². The molecule has 1 aromatic carbocycles. The minimum Gasteiger partial charge on any atom is -0.481 e. The summed E-state index contributed by atoms with van der Waals surface area (Å²) in [5.41, 5.74) is 1.99. The van der Waals surface area contributed by atoms with E-state index < -0.39 is 18.3 Å². The Morgan fingerprint density at radius 3 is 2.28 bits per heavy atom. The van der Waals surface area contributed by atoms with E-state index in [0.717, 1.165) is 24.0 Å². The van der Waals surface area contributed by atoms with Crippen LogP contribution >= 0.6 is 0 Å². The third-order valence-corrected chi connectivity index (χ3v) is 2.48. The van der Waals surface area contributed by atoms with Crippen LogP contribution < -0.4 is 5.32 Å². The van der Waals surface area contributed by atoms with E-state index in [1.165, 1.54) is 0 Å². The van der Waals surface area contributed by atoms with Crippen molar-refractivity contribution >= 4 is 11.9 Å². The number of hydrogen-bond acceptors (Lipinski definition) is 3. The Balaban J connectivity index is 2.21. The molecule has 18 heavy (non-hydrogen) atoms. The molecule has 1 aromatic rings. The Labute approximate surface area is 105 Å². The number of aliphatic hydroxyl groups excluding tert-OH is 1. The van der Waals surface area contributed by atoms with Gasteiger partial charge in [-0.2, -0.15) is 0 Å². The third-order valence-electron chi connectivity index (χ3n) is 2.48. The maximum absolute atomic E-state index is 11.0. The van der Waals surface area contributed by atoms with Crippen LogP contribution in [0.4, 0.5) is 0 Å². The summed E-state index contributed by atoms with van der Waals surface area (Å²) in [4.78, 5) is 21.3. The van der Waals surface area contributed by atoms with Gasteiger partial charge in [0.1, 0.15) is 6.42 Å². The van der Waals surface area contributed by atoms with Crippen LogP contribution in [0.15, 0.2) is 24.3 Å². The highest BCUT2D eigenvalue weighted by Gasteiger charge is 2.05. The van der Waals surface area contributed by atoms with Gasteiger partial charge in [-0.25, -0.2) is 0 Å². The van der Waals surface area contributed by atoms with Gasteiger partial charge < -0.3 is 15.5 Å². The molecule has 0 saturated heterocycles. The van der Waals surface area contributed by atoms with Crippen LogP contribution in [0.3, 0.4) is 0 Å². The molecule has 0 unspecified atom stereocenters. The molecule has 98 valence electrons. The molecule has 3 N–H and O–H groups in total. The average molecular weight is 251 g/mol. The second-order valence-electron chi connectivity index (χ2n) is 4.00. The number of aliphatic carboxylic acids is 1. The van der Waals surface area contributed by atoms with Crippen molar-refractivity contribution in [3.05, 3.63) is 35.4 Å². The lowest BCUT2D eigenvalue weighted by Crippen LogP contribution is -2.26. The summed E-state index contributed by atoms with van der Waals surface area (Å²) >= 11 is 0.